The van der Waals surface area contributed by atoms with E-state index in [-0.39, 0.29) is 17.8 Å². The Bertz CT molecular complexity index is 507. The summed E-state index contributed by atoms with van der Waals surface area (Å²) < 4.78 is 0. The van der Waals surface area contributed by atoms with Crippen LogP contribution in [0.2, 0.25) is 0 Å². The van der Waals surface area contributed by atoms with E-state index in [1.165, 1.54) is 5.56 Å². The molecule has 1 heterocycles. The summed E-state index contributed by atoms with van der Waals surface area (Å²) in [7, 11) is 0. The van der Waals surface area contributed by atoms with Gasteiger partial charge in [-0.3, -0.25) is 4.79 Å². The average Bonchev–Trinajstić information content (AvgIpc) is 2.90. The fraction of sp³-hybridized carbons (Fsp3) is 0.214. The largest absolute Gasteiger partial charge is 0.343 e. The van der Waals surface area contributed by atoms with E-state index in [2.05, 4.69) is 5.32 Å². The zero-order valence-electron chi connectivity index (χ0n) is 10.0. The molecule has 0 aliphatic carbocycles. The van der Waals surface area contributed by atoms with Gasteiger partial charge in [0.25, 0.3) is 0 Å². The van der Waals surface area contributed by atoms with Crippen molar-refractivity contribution in [1.82, 2.24) is 5.32 Å². The van der Waals surface area contributed by atoms with Crippen LogP contribution in [0.1, 0.15) is 22.0 Å². The first kappa shape index (κ1) is 13.1. The van der Waals surface area contributed by atoms with E-state index in [1.54, 1.807) is 11.3 Å². The third kappa shape index (κ3) is 3.12. The molecule has 0 unspecified atom stereocenters. The average molecular weight is 280 g/mol. The van der Waals surface area contributed by atoms with Crippen LogP contribution in [0.3, 0.4) is 0 Å². The van der Waals surface area contributed by atoms with Crippen molar-refractivity contribution in [3.05, 3.63) is 57.8 Å². The molecule has 1 atom stereocenters. The Morgan fingerprint density at radius 2 is 2.06 bits per heavy atom. The van der Waals surface area contributed by atoms with Gasteiger partial charge in [-0.15, -0.1) is 22.9 Å². The number of hydrogen-bond donors (Lipinski definition) is 1. The quantitative estimate of drug-likeness (QED) is 0.853. The molecule has 4 heteroatoms. The number of aryl methyl sites for hydroxylation is 1. The smallest absolute Gasteiger partial charge is 0.235 e. The number of alkyl halides is 1. The number of carbonyl (C=O) groups excluding carboxylic acids is 1. The highest BCUT2D eigenvalue weighted by Gasteiger charge is 2.17. The maximum atomic E-state index is 11.5. The minimum atomic E-state index is -0.157. The number of halogens is 1. The molecular formula is C14H14ClNOS. The number of amides is 1. The van der Waals surface area contributed by atoms with Gasteiger partial charge >= 0.3 is 0 Å². The number of rotatable bonds is 4. The van der Waals surface area contributed by atoms with Crippen LogP contribution >= 0.6 is 22.9 Å². The van der Waals surface area contributed by atoms with Gasteiger partial charge in [-0.2, -0.15) is 0 Å². The number of hydrogen-bond acceptors (Lipinski definition) is 2. The van der Waals surface area contributed by atoms with Crippen molar-refractivity contribution >= 4 is 28.8 Å². The Labute approximate surface area is 116 Å². The summed E-state index contributed by atoms with van der Waals surface area (Å²) in [4.78, 5) is 12.6. The molecule has 18 heavy (non-hydrogen) atoms. The standard InChI is InChI=1S/C14H14ClNOS/c1-10-4-6-11(7-5-10)14(16-13(17)9-15)12-3-2-8-18-12/h2-8,14H,9H2,1H3,(H,16,17)/t14-/m0/s1. The number of nitrogens with one attached hydrogen (secondary N) is 1. The molecule has 1 aromatic carbocycles. The number of thiophene rings is 1. The van der Waals surface area contributed by atoms with Crippen LogP contribution in [0.5, 0.6) is 0 Å². The summed E-state index contributed by atoms with van der Waals surface area (Å²) in [5.74, 6) is -0.177. The van der Waals surface area contributed by atoms with Gasteiger partial charge in [-0.1, -0.05) is 35.9 Å². The van der Waals surface area contributed by atoms with Gasteiger partial charge < -0.3 is 5.32 Å². The van der Waals surface area contributed by atoms with Crippen LogP contribution in [0, 0.1) is 6.92 Å². The molecule has 1 amide bonds. The van der Waals surface area contributed by atoms with Crippen molar-refractivity contribution in [3.8, 4) is 0 Å². The fourth-order valence-corrected chi connectivity index (χ4v) is 2.61. The molecule has 0 spiro atoms. The Kier molecular flexibility index (Phi) is 4.39. The molecule has 0 aliphatic rings. The topological polar surface area (TPSA) is 29.1 Å². The van der Waals surface area contributed by atoms with E-state index >= 15 is 0 Å². The molecule has 2 nitrogen and oxygen atoms in total. The molecule has 0 radical (unpaired) electrons. The first-order chi connectivity index (χ1) is 8.70. The van der Waals surface area contributed by atoms with Gasteiger partial charge in [0, 0.05) is 4.88 Å². The van der Waals surface area contributed by atoms with E-state index < -0.39 is 0 Å². The fourth-order valence-electron chi connectivity index (χ4n) is 1.73. The summed E-state index contributed by atoms with van der Waals surface area (Å²) in [5, 5.41) is 4.95. The van der Waals surface area contributed by atoms with Crippen molar-refractivity contribution in [2.45, 2.75) is 13.0 Å². The third-order valence-corrected chi connectivity index (χ3v) is 3.84. The second-order valence-corrected chi connectivity index (χ2v) is 5.31. The minimum Gasteiger partial charge on any atom is -0.343 e. The van der Waals surface area contributed by atoms with Crippen LogP contribution in [-0.2, 0) is 4.79 Å². The van der Waals surface area contributed by atoms with E-state index in [4.69, 9.17) is 11.6 Å². The van der Waals surface area contributed by atoms with E-state index in [1.807, 2.05) is 48.7 Å². The van der Waals surface area contributed by atoms with Crippen molar-refractivity contribution in [3.63, 3.8) is 0 Å². The first-order valence-electron chi connectivity index (χ1n) is 5.66. The predicted octanol–water partition coefficient (Wildman–Crippen LogP) is 3.50. The van der Waals surface area contributed by atoms with Crippen LogP contribution < -0.4 is 5.32 Å². The molecule has 0 saturated heterocycles. The Morgan fingerprint density at radius 1 is 1.33 bits per heavy atom. The molecule has 1 aromatic heterocycles. The summed E-state index contributed by atoms with van der Waals surface area (Å²) in [6, 6.07) is 12.0. The van der Waals surface area contributed by atoms with Crippen LogP contribution in [0.25, 0.3) is 0 Å². The van der Waals surface area contributed by atoms with E-state index in [9.17, 15) is 4.79 Å². The van der Waals surface area contributed by atoms with Gasteiger partial charge in [0.1, 0.15) is 5.88 Å². The highest BCUT2D eigenvalue weighted by Crippen LogP contribution is 2.26. The van der Waals surface area contributed by atoms with E-state index in [0.29, 0.717) is 0 Å². The zero-order chi connectivity index (χ0) is 13.0. The second kappa shape index (κ2) is 6.03. The van der Waals surface area contributed by atoms with Crippen molar-refractivity contribution in [2.75, 3.05) is 5.88 Å². The summed E-state index contributed by atoms with van der Waals surface area (Å²) in [6.07, 6.45) is 0. The van der Waals surface area contributed by atoms with Crippen LogP contribution in [0.15, 0.2) is 41.8 Å². The summed E-state index contributed by atoms with van der Waals surface area (Å²) >= 11 is 7.19. The van der Waals surface area contributed by atoms with Crippen molar-refractivity contribution in [2.24, 2.45) is 0 Å². The Balaban J connectivity index is 2.30. The molecular weight excluding hydrogens is 266 g/mol. The Morgan fingerprint density at radius 3 is 2.61 bits per heavy atom. The van der Waals surface area contributed by atoms with Crippen LogP contribution in [-0.4, -0.2) is 11.8 Å². The molecule has 1 N–H and O–H groups in total. The molecule has 0 bridgehead atoms. The van der Waals surface area contributed by atoms with Gasteiger partial charge in [0.15, 0.2) is 0 Å². The summed E-state index contributed by atoms with van der Waals surface area (Å²) in [5.41, 5.74) is 2.27. The lowest BCUT2D eigenvalue weighted by molar-refractivity contribution is -0.119. The lowest BCUT2D eigenvalue weighted by Crippen LogP contribution is -2.29. The molecule has 2 aromatic rings. The normalized spacial score (nSPS) is 12.1. The van der Waals surface area contributed by atoms with Crippen LogP contribution in [0.4, 0.5) is 0 Å². The van der Waals surface area contributed by atoms with E-state index in [0.717, 1.165) is 10.4 Å². The molecule has 0 saturated carbocycles. The molecule has 0 aliphatic heterocycles. The van der Waals surface area contributed by atoms with Crippen molar-refractivity contribution < 1.29 is 4.79 Å². The second-order valence-electron chi connectivity index (χ2n) is 4.06. The highest BCUT2D eigenvalue weighted by molar-refractivity contribution is 7.10. The third-order valence-electron chi connectivity index (χ3n) is 2.67. The maximum absolute atomic E-state index is 11.5. The SMILES string of the molecule is Cc1ccc([C@H](NC(=O)CCl)c2cccs2)cc1. The van der Waals surface area contributed by atoms with Gasteiger partial charge in [-0.25, -0.2) is 0 Å². The minimum absolute atomic E-state index is 0.0201. The Hall–Kier alpha value is -1.32. The van der Waals surface area contributed by atoms with Gasteiger partial charge in [0.05, 0.1) is 6.04 Å². The van der Waals surface area contributed by atoms with Gasteiger partial charge in [-0.05, 0) is 23.9 Å². The highest BCUT2D eigenvalue weighted by atomic mass is 35.5. The summed E-state index contributed by atoms with van der Waals surface area (Å²) in [6.45, 7) is 2.04. The number of carbonyl (C=O) groups is 1. The van der Waals surface area contributed by atoms with Gasteiger partial charge in [0.2, 0.25) is 5.91 Å². The maximum Gasteiger partial charge on any atom is 0.235 e. The lowest BCUT2D eigenvalue weighted by Gasteiger charge is -2.17. The molecule has 94 valence electrons. The monoisotopic (exact) mass is 279 g/mol. The van der Waals surface area contributed by atoms with Crippen molar-refractivity contribution in [1.29, 1.82) is 0 Å². The molecule has 0 fully saturated rings. The predicted molar refractivity (Wildman–Crippen MR) is 76.2 cm³/mol. The lowest BCUT2D eigenvalue weighted by atomic mass is 10.0. The zero-order valence-corrected chi connectivity index (χ0v) is 11.6. The number of benzene rings is 1. The molecule has 2 rings (SSSR count). The first-order valence-corrected chi connectivity index (χ1v) is 7.07.